The zero-order chi connectivity index (χ0) is 15.9. The third-order valence-electron chi connectivity index (χ3n) is 3.85. The van der Waals surface area contributed by atoms with E-state index in [2.05, 4.69) is 20.2 Å². The largest absolute Gasteiger partial charge is 0.370 e. The van der Waals surface area contributed by atoms with Gasteiger partial charge in [0.1, 0.15) is 5.82 Å². The molecule has 1 N–H and O–H groups in total. The SMILES string of the molecule is O=C(C=Cc1ccncc1)Nc1ccc(N2CCCCC2)cn1. The van der Waals surface area contributed by atoms with Crippen LogP contribution in [0.3, 0.4) is 0 Å². The maximum absolute atomic E-state index is 11.9. The van der Waals surface area contributed by atoms with Gasteiger partial charge in [-0.1, -0.05) is 0 Å². The third-order valence-corrected chi connectivity index (χ3v) is 3.85. The fourth-order valence-corrected chi connectivity index (χ4v) is 2.61. The van der Waals surface area contributed by atoms with Crippen LogP contribution in [0, 0.1) is 0 Å². The Morgan fingerprint density at radius 3 is 2.57 bits per heavy atom. The number of anilines is 2. The summed E-state index contributed by atoms with van der Waals surface area (Å²) in [6, 6.07) is 7.55. The molecule has 2 aromatic rings. The molecule has 1 fully saturated rings. The monoisotopic (exact) mass is 308 g/mol. The van der Waals surface area contributed by atoms with Crippen LogP contribution in [0.25, 0.3) is 6.08 Å². The summed E-state index contributed by atoms with van der Waals surface area (Å²) < 4.78 is 0. The number of aromatic nitrogens is 2. The van der Waals surface area contributed by atoms with Crippen LogP contribution in [0.2, 0.25) is 0 Å². The Balaban J connectivity index is 1.57. The van der Waals surface area contributed by atoms with E-state index in [1.54, 1.807) is 18.5 Å². The molecule has 0 atom stereocenters. The summed E-state index contributed by atoms with van der Waals surface area (Å²) in [5.41, 5.74) is 2.05. The highest BCUT2D eigenvalue weighted by Gasteiger charge is 2.11. The molecule has 3 heterocycles. The summed E-state index contributed by atoms with van der Waals surface area (Å²) in [7, 11) is 0. The minimum atomic E-state index is -0.194. The molecule has 0 aromatic carbocycles. The molecular weight excluding hydrogens is 288 g/mol. The number of piperidine rings is 1. The van der Waals surface area contributed by atoms with E-state index in [0.717, 1.165) is 24.3 Å². The Labute approximate surface area is 136 Å². The number of carbonyl (C=O) groups excluding carboxylic acids is 1. The molecular formula is C18H20N4O. The summed E-state index contributed by atoms with van der Waals surface area (Å²) in [4.78, 5) is 22.5. The fourth-order valence-electron chi connectivity index (χ4n) is 2.61. The van der Waals surface area contributed by atoms with Crippen LogP contribution in [0.15, 0.2) is 48.9 Å². The average molecular weight is 308 g/mol. The first-order valence-electron chi connectivity index (χ1n) is 7.91. The molecule has 1 aliphatic rings. The van der Waals surface area contributed by atoms with Gasteiger partial charge in [0.05, 0.1) is 11.9 Å². The second-order valence-corrected chi connectivity index (χ2v) is 5.55. The van der Waals surface area contributed by atoms with Crippen LogP contribution < -0.4 is 10.2 Å². The normalized spacial score (nSPS) is 14.9. The van der Waals surface area contributed by atoms with Crippen molar-refractivity contribution in [3.8, 4) is 0 Å². The second kappa shape index (κ2) is 7.54. The van der Waals surface area contributed by atoms with Crippen molar-refractivity contribution in [1.82, 2.24) is 9.97 Å². The van der Waals surface area contributed by atoms with E-state index in [1.807, 2.05) is 30.5 Å². The standard InChI is InChI=1S/C18H20N4O/c23-18(7-4-15-8-10-19-11-9-15)21-17-6-5-16(14-20-17)22-12-2-1-3-13-22/h4-11,14H,1-3,12-13H2,(H,20,21,23). The van der Waals surface area contributed by atoms with Crippen molar-refractivity contribution in [2.24, 2.45) is 0 Å². The topological polar surface area (TPSA) is 58.1 Å². The summed E-state index contributed by atoms with van der Waals surface area (Å²) in [6.45, 7) is 2.17. The Hall–Kier alpha value is -2.69. The number of hydrogen-bond donors (Lipinski definition) is 1. The van der Waals surface area contributed by atoms with E-state index in [0.29, 0.717) is 5.82 Å². The molecule has 0 aliphatic carbocycles. The Morgan fingerprint density at radius 2 is 1.87 bits per heavy atom. The summed E-state index contributed by atoms with van der Waals surface area (Å²) in [5, 5.41) is 2.77. The lowest BCUT2D eigenvalue weighted by Crippen LogP contribution is -2.29. The molecule has 1 saturated heterocycles. The lowest BCUT2D eigenvalue weighted by Gasteiger charge is -2.28. The number of hydrogen-bond acceptors (Lipinski definition) is 4. The van der Waals surface area contributed by atoms with Gasteiger partial charge in [-0.15, -0.1) is 0 Å². The van der Waals surface area contributed by atoms with Crippen LogP contribution in [-0.4, -0.2) is 29.0 Å². The van der Waals surface area contributed by atoms with E-state index < -0.39 is 0 Å². The molecule has 0 bridgehead atoms. The quantitative estimate of drug-likeness (QED) is 0.882. The maximum atomic E-state index is 11.9. The molecule has 2 aromatic heterocycles. The zero-order valence-electron chi connectivity index (χ0n) is 13.0. The van der Waals surface area contributed by atoms with Crippen LogP contribution in [-0.2, 0) is 4.79 Å². The maximum Gasteiger partial charge on any atom is 0.249 e. The number of rotatable bonds is 4. The molecule has 0 spiro atoms. The van der Waals surface area contributed by atoms with E-state index in [9.17, 15) is 4.79 Å². The summed E-state index contributed by atoms with van der Waals surface area (Å²) in [6.07, 6.45) is 12.2. The van der Waals surface area contributed by atoms with Gasteiger partial charge in [-0.3, -0.25) is 9.78 Å². The molecule has 118 valence electrons. The predicted octanol–water partition coefficient (Wildman–Crippen LogP) is 3.12. The fraction of sp³-hybridized carbons (Fsp3) is 0.278. The van der Waals surface area contributed by atoms with Gasteiger partial charge >= 0.3 is 0 Å². The van der Waals surface area contributed by atoms with Gasteiger partial charge in [0, 0.05) is 31.6 Å². The van der Waals surface area contributed by atoms with E-state index in [1.165, 1.54) is 25.3 Å². The summed E-state index contributed by atoms with van der Waals surface area (Å²) in [5.74, 6) is 0.371. The van der Waals surface area contributed by atoms with Crippen LogP contribution in [0.1, 0.15) is 24.8 Å². The van der Waals surface area contributed by atoms with Gasteiger partial charge in [-0.25, -0.2) is 4.98 Å². The number of pyridine rings is 2. The minimum absolute atomic E-state index is 0.194. The Bertz CT molecular complexity index is 661. The van der Waals surface area contributed by atoms with Crippen LogP contribution in [0.4, 0.5) is 11.5 Å². The van der Waals surface area contributed by atoms with Crippen molar-refractivity contribution >= 4 is 23.5 Å². The highest BCUT2D eigenvalue weighted by atomic mass is 16.1. The minimum Gasteiger partial charge on any atom is -0.370 e. The molecule has 0 unspecified atom stereocenters. The molecule has 23 heavy (non-hydrogen) atoms. The lowest BCUT2D eigenvalue weighted by molar-refractivity contribution is -0.111. The molecule has 0 radical (unpaired) electrons. The molecule has 1 aliphatic heterocycles. The van der Waals surface area contributed by atoms with Gasteiger partial charge in [-0.2, -0.15) is 0 Å². The van der Waals surface area contributed by atoms with Crippen molar-refractivity contribution in [3.05, 3.63) is 54.5 Å². The smallest absolute Gasteiger partial charge is 0.249 e. The van der Waals surface area contributed by atoms with Gasteiger partial charge < -0.3 is 10.2 Å². The number of amides is 1. The first kappa shape index (κ1) is 15.2. The molecule has 5 heteroatoms. The van der Waals surface area contributed by atoms with Crippen LogP contribution in [0.5, 0.6) is 0 Å². The molecule has 5 nitrogen and oxygen atoms in total. The van der Waals surface area contributed by atoms with Crippen molar-refractivity contribution in [3.63, 3.8) is 0 Å². The van der Waals surface area contributed by atoms with Crippen molar-refractivity contribution < 1.29 is 4.79 Å². The first-order chi connectivity index (χ1) is 11.3. The molecule has 0 saturated carbocycles. The number of nitrogens with zero attached hydrogens (tertiary/aromatic N) is 3. The highest BCUT2D eigenvalue weighted by Crippen LogP contribution is 2.19. The lowest BCUT2D eigenvalue weighted by atomic mass is 10.1. The second-order valence-electron chi connectivity index (χ2n) is 5.55. The van der Waals surface area contributed by atoms with Crippen molar-refractivity contribution in [2.45, 2.75) is 19.3 Å². The van der Waals surface area contributed by atoms with E-state index in [4.69, 9.17) is 0 Å². The van der Waals surface area contributed by atoms with E-state index >= 15 is 0 Å². The molecule has 1 amide bonds. The number of carbonyl (C=O) groups is 1. The van der Waals surface area contributed by atoms with Crippen molar-refractivity contribution in [1.29, 1.82) is 0 Å². The average Bonchev–Trinajstić information content (AvgIpc) is 2.62. The Morgan fingerprint density at radius 1 is 1.09 bits per heavy atom. The highest BCUT2D eigenvalue weighted by molar-refractivity contribution is 6.01. The first-order valence-corrected chi connectivity index (χ1v) is 7.91. The third kappa shape index (κ3) is 4.39. The van der Waals surface area contributed by atoms with Gasteiger partial charge in [0.25, 0.3) is 0 Å². The van der Waals surface area contributed by atoms with Crippen LogP contribution >= 0.6 is 0 Å². The Kier molecular flexibility index (Phi) is 4.99. The van der Waals surface area contributed by atoms with Crippen molar-refractivity contribution in [2.75, 3.05) is 23.3 Å². The van der Waals surface area contributed by atoms with E-state index in [-0.39, 0.29) is 5.91 Å². The zero-order valence-corrected chi connectivity index (χ0v) is 13.0. The van der Waals surface area contributed by atoms with Gasteiger partial charge in [0.2, 0.25) is 5.91 Å². The number of nitrogens with one attached hydrogen (secondary N) is 1. The molecule has 3 rings (SSSR count). The van der Waals surface area contributed by atoms with Gasteiger partial charge in [0.15, 0.2) is 0 Å². The summed E-state index contributed by atoms with van der Waals surface area (Å²) >= 11 is 0. The predicted molar refractivity (Wildman–Crippen MR) is 92.2 cm³/mol. The van der Waals surface area contributed by atoms with Gasteiger partial charge in [-0.05, 0) is 55.2 Å².